The molecule has 1 aliphatic heterocycles. The van der Waals surface area contributed by atoms with Gasteiger partial charge in [-0.15, -0.1) is 0 Å². The summed E-state index contributed by atoms with van der Waals surface area (Å²) in [4.78, 5) is 24.1. The number of carbonyl (C=O) groups excluding carboxylic acids is 2. The molecular weight excluding hydrogens is 284 g/mol. The van der Waals surface area contributed by atoms with Gasteiger partial charge < -0.3 is 20.1 Å². The molecule has 1 fully saturated rings. The number of amides is 2. The first-order valence-electron chi connectivity index (χ1n) is 7.53. The van der Waals surface area contributed by atoms with Gasteiger partial charge in [-0.1, -0.05) is 13.8 Å². The summed E-state index contributed by atoms with van der Waals surface area (Å²) >= 11 is 0. The first-order valence-corrected chi connectivity index (χ1v) is 7.53. The van der Waals surface area contributed by atoms with E-state index in [-0.39, 0.29) is 30.4 Å². The van der Waals surface area contributed by atoms with Crippen LogP contribution in [0.15, 0.2) is 18.2 Å². The Balaban J connectivity index is 1.52. The second-order valence-electron chi connectivity index (χ2n) is 6.14. The van der Waals surface area contributed by atoms with Crippen molar-refractivity contribution in [2.24, 2.45) is 17.8 Å². The second-order valence-corrected chi connectivity index (χ2v) is 6.14. The Morgan fingerprint density at radius 2 is 1.91 bits per heavy atom. The van der Waals surface area contributed by atoms with Crippen LogP contribution in [0, 0.1) is 17.8 Å². The van der Waals surface area contributed by atoms with Crippen molar-refractivity contribution < 1.29 is 19.1 Å². The number of ether oxygens (including phenoxy) is 2. The van der Waals surface area contributed by atoms with Gasteiger partial charge in [-0.3, -0.25) is 9.59 Å². The summed E-state index contributed by atoms with van der Waals surface area (Å²) in [6.45, 7) is 4.92. The molecule has 118 valence electrons. The van der Waals surface area contributed by atoms with Gasteiger partial charge in [0.05, 0.1) is 11.8 Å². The van der Waals surface area contributed by atoms with Crippen molar-refractivity contribution >= 4 is 17.5 Å². The SMILES string of the molecule is CC(C)CNC(=O)C1CC1C(=O)Nc1ccc2c(c1)OCO2. The molecule has 6 nitrogen and oxygen atoms in total. The summed E-state index contributed by atoms with van der Waals surface area (Å²) in [6, 6.07) is 5.26. The van der Waals surface area contributed by atoms with E-state index in [0.717, 1.165) is 0 Å². The number of nitrogens with one attached hydrogen (secondary N) is 2. The van der Waals surface area contributed by atoms with Crippen LogP contribution in [0.4, 0.5) is 5.69 Å². The third-order valence-electron chi connectivity index (χ3n) is 3.79. The van der Waals surface area contributed by atoms with Gasteiger partial charge in [0.25, 0.3) is 0 Å². The molecule has 1 saturated carbocycles. The molecule has 0 bridgehead atoms. The maximum absolute atomic E-state index is 12.2. The van der Waals surface area contributed by atoms with E-state index < -0.39 is 0 Å². The number of fused-ring (bicyclic) bond motifs is 1. The zero-order valence-corrected chi connectivity index (χ0v) is 12.7. The van der Waals surface area contributed by atoms with E-state index in [2.05, 4.69) is 10.6 Å². The molecule has 1 heterocycles. The van der Waals surface area contributed by atoms with Crippen LogP contribution in [0.5, 0.6) is 11.5 Å². The summed E-state index contributed by atoms with van der Waals surface area (Å²) in [7, 11) is 0. The van der Waals surface area contributed by atoms with Crippen LogP contribution < -0.4 is 20.1 Å². The monoisotopic (exact) mass is 304 g/mol. The molecule has 2 unspecified atom stereocenters. The number of benzene rings is 1. The molecule has 2 aliphatic rings. The van der Waals surface area contributed by atoms with Crippen LogP contribution in [0.1, 0.15) is 20.3 Å². The summed E-state index contributed by atoms with van der Waals surface area (Å²) in [5.41, 5.74) is 0.655. The van der Waals surface area contributed by atoms with Crippen LogP contribution in [-0.2, 0) is 9.59 Å². The largest absolute Gasteiger partial charge is 0.454 e. The number of hydrogen-bond donors (Lipinski definition) is 2. The van der Waals surface area contributed by atoms with Crippen LogP contribution in [0.3, 0.4) is 0 Å². The highest BCUT2D eigenvalue weighted by atomic mass is 16.7. The molecular formula is C16H20N2O4. The normalized spacial score (nSPS) is 21.6. The highest BCUT2D eigenvalue weighted by Gasteiger charge is 2.47. The third kappa shape index (κ3) is 3.16. The molecule has 1 aliphatic carbocycles. The molecule has 2 amide bonds. The molecule has 2 atom stereocenters. The quantitative estimate of drug-likeness (QED) is 0.869. The minimum Gasteiger partial charge on any atom is -0.454 e. The Labute approximate surface area is 129 Å². The first kappa shape index (κ1) is 14.7. The molecule has 1 aromatic carbocycles. The van der Waals surface area contributed by atoms with Crippen molar-refractivity contribution in [3.63, 3.8) is 0 Å². The van der Waals surface area contributed by atoms with Gasteiger partial charge >= 0.3 is 0 Å². The van der Waals surface area contributed by atoms with Crippen molar-refractivity contribution in [3.8, 4) is 11.5 Å². The first-order chi connectivity index (χ1) is 10.5. The molecule has 22 heavy (non-hydrogen) atoms. The number of rotatable bonds is 5. The zero-order valence-electron chi connectivity index (χ0n) is 12.7. The van der Waals surface area contributed by atoms with Gasteiger partial charge in [-0.05, 0) is 24.5 Å². The maximum Gasteiger partial charge on any atom is 0.231 e. The van der Waals surface area contributed by atoms with Gasteiger partial charge in [-0.25, -0.2) is 0 Å². The topological polar surface area (TPSA) is 76.7 Å². The van der Waals surface area contributed by atoms with E-state index in [0.29, 0.717) is 36.1 Å². The Morgan fingerprint density at radius 3 is 2.68 bits per heavy atom. The third-order valence-corrected chi connectivity index (χ3v) is 3.79. The smallest absolute Gasteiger partial charge is 0.231 e. The number of carbonyl (C=O) groups is 2. The van der Waals surface area contributed by atoms with Gasteiger partial charge in [-0.2, -0.15) is 0 Å². The van der Waals surface area contributed by atoms with E-state index in [9.17, 15) is 9.59 Å². The van der Waals surface area contributed by atoms with Crippen LogP contribution in [-0.4, -0.2) is 25.2 Å². The standard InChI is InChI=1S/C16H20N2O4/c1-9(2)7-17-15(19)11-6-12(11)16(20)18-10-3-4-13-14(5-10)22-8-21-13/h3-5,9,11-12H,6-8H2,1-2H3,(H,17,19)(H,18,20). The van der Waals surface area contributed by atoms with Crippen molar-refractivity contribution in [1.82, 2.24) is 5.32 Å². The summed E-state index contributed by atoms with van der Waals surface area (Å²) in [5.74, 6) is 1.12. The Kier molecular flexibility index (Phi) is 3.92. The lowest BCUT2D eigenvalue weighted by Crippen LogP contribution is -2.30. The lowest BCUT2D eigenvalue weighted by molar-refractivity contribution is -0.125. The molecule has 3 rings (SSSR count). The van der Waals surface area contributed by atoms with Crippen LogP contribution >= 0.6 is 0 Å². The van der Waals surface area contributed by atoms with Gasteiger partial charge in [0, 0.05) is 18.3 Å². The summed E-state index contributed by atoms with van der Waals surface area (Å²) in [6.07, 6.45) is 0.611. The second kappa shape index (κ2) is 5.87. The van der Waals surface area contributed by atoms with E-state index in [1.165, 1.54) is 0 Å². The van der Waals surface area contributed by atoms with Crippen molar-refractivity contribution in [2.75, 3.05) is 18.7 Å². The van der Waals surface area contributed by atoms with E-state index in [4.69, 9.17) is 9.47 Å². The minimum absolute atomic E-state index is 0.0282. The lowest BCUT2D eigenvalue weighted by atomic mass is 10.2. The Hall–Kier alpha value is -2.24. The average Bonchev–Trinajstić information content (AvgIpc) is 3.16. The van der Waals surface area contributed by atoms with E-state index >= 15 is 0 Å². The molecule has 1 aromatic rings. The van der Waals surface area contributed by atoms with Gasteiger partial charge in [0.2, 0.25) is 18.6 Å². The molecule has 0 saturated heterocycles. The number of anilines is 1. The van der Waals surface area contributed by atoms with Crippen molar-refractivity contribution in [3.05, 3.63) is 18.2 Å². The van der Waals surface area contributed by atoms with Crippen LogP contribution in [0.2, 0.25) is 0 Å². The molecule has 6 heteroatoms. The van der Waals surface area contributed by atoms with Gasteiger partial charge in [0.1, 0.15) is 0 Å². The highest BCUT2D eigenvalue weighted by molar-refractivity contribution is 5.99. The molecule has 0 aromatic heterocycles. The fourth-order valence-corrected chi connectivity index (χ4v) is 2.42. The Bertz CT molecular complexity index is 600. The highest BCUT2D eigenvalue weighted by Crippen LogP contribution is 2.40. The molecule has 0 spiro atoms. The fraction of sp³-hybridized carbons (Fsp3) is 0.500. The predicted octanol–water partition coefficient (Wildman–Crippen LogP) is 1.76. The van der Waals surface area contributed by atoms with Gasteiger partial charge in [0.15, 0.2) is 11.5 Å². The lowest BCUT2D eigenvalue weighted by Gasteiger charge is -2.08. The Morgan fingerprint density at radius 1 is 1.18 bits per heavy atom. The molecule has 2 N–H and O–H groups in total. The maximum atomic E-state index is 12.2. The summed E-state index contributed by atoms with van der Waals surface area (Å²) in [5, 5.41) is 5.70. The average molecular weight is 304 g/mol. The van der Waals surface area contributed by atoms with Crippen molar-refractivity contribution in [2.45, 2.75) is 20.3 Å². The predicted molar refractivity (Wildman–Crippen MR) is 80.6 cm³/mol. The van der Waals surface area contributed by atoms with E-state index in [1.807, 2.05) is 13.8 Å². The fourth-order valence-electron chi connectivity index (χ4n) is 2.42. The molecule has 0 radical (unpaired) electrons. The van der Waals surface area contributed by atoms with E-state index in [1.54, 1.807) is 18.2 Å². The van der Waals surface area contributed by atoms with Crippen molar-refractivity contribution in [1.29, 1.82) is 0 Å². The zero-order chi connectivity index (χ0) is 15.7. The van der Waals surface area contributed by atoms with Crippen LogP contribution in [0.25, 0.3) is 0 Å². The number of hydrogen-bond acceptors (Lipinski definition) is 4. The minimum atomic E-state index is -0.238. The summed E-state index contributed by atoms with van der Waals surface area (Å²) < 4.78 is 10.5.